The van der Waals surface area contributed by atoms with Crippen LogP contribution in [0.3, 0.4) is 0 Å². The molecule has 0 aliphatic carbocycles. The summed E-state index contributed by atoms with van der Waals surface area (Å²) >= 11 is 0. The molecule has 0 aliphatic heterocycles. The minimum atomic E-state index is -1.33. The van der Waals surface area contributed by atoms with Gasteiger partial charge in [0, 0.05) is 51.9 Å². The first-order valence-corrected chi connectivity index (χ1v) is 23.7. The van der Waals surface area contributed by atoms with Crippen molar-refractivity contribution in [3.05, 3.63) is 29.6 Å². The van der Waals surface area contributed by atoms with Crippen LogP contribution in [0.5, 0.6) is 0 Å². The molecule has 0 bridgehead atoms. The smallest absolute Gasteiger partial charge is 0.0513 e. The predicted molar refractivity (Wildman–Crippen MR) is 129 cm³/mol. The third-order valence-corrected chi connectivity index (χ3v) is 23.4. The minimum absolute atomic E-state index is 0. The summed E-state index contributed by atoms with van der Waals surface area (Å²) in [6.07, 6.45) is 2.05. The third-order valence-electron chi connectivity index (χ3n) is 4.92. The van der Waals surface area contributed by atoms with Gasteiger partial charge in [-0.2, -0.15) is 0 Å². The Hall–Kier alpha value is 0.816. The Balaban J connectivity index is 0.00000576. The first-order chi connectivity index (χ1) is 10.5. The second-order valence-corrected chi connectivity index (χ2v) is 34.2. The molecule has 6 heteroatoms. The largest absolute Gasteiger partial charge is 0.261 e. The van der Waals surface area contributed by atoms with Crippen molar-refractivity contribution >= 4 is 56.2 Å². The molecule has 1 rings (SSSR count). The Morgan fingerprint density at radius 2 is 1.00 bits per heavy atom. The molecule has 0 amide bonds. The first kappa shape index (κ1) is 25.8. The number of hydrogen-bond acceptors (Lipinski definition) is 1. The third kappa shape index (κ3) is 6.73. The van der Waals surface area contributed by atoms with Crippen molar-refractivity contribution in [2.24, 2.45) is 0 Å². The number of pyridine rings is 1. The Labute approximate surface area is 178 Å². The molecule has 1 aromatic rings. The van der Waals surface area contributed by atoms with Gasteiger partial charge >= 0.3 is 0 Å². The molecular formula is C19H41NSi4Sn. The fourth-order valence-electron chi connectivity index (χ4n) is 5.27. The topological polar surface area (TPSA) is 12.9 Å². The molecule has 4 radical (unpaired) electrons. The van der Waals surface area contributed by atoms with Crippen LogP contribution < -0.4 is 0 Å². The fraction of sp³-hybridized carbons (Fsp3) is 0.737. The minimum Gasteiger partial charge on any atom is -0.261 e. The van der Waals surface area contributed by atoms with Gasteiger partial charge in [0.05, 0.1) is 16.1 Å². The van der Waals surface area contributed by atoms with Crippen molar-refractivity contribution in [3.63, 3.8) is 0 Å². The van der Waals surface area contributed by atoms with Crippen molar-refractivity contribution in [2.45, 2.75) is 88.9 Å². The van der Waals surface area contributed by atoms with Gasteiger partial charge in [-0.05, 0) is 22.0 Å². The van der Waals surface area contributed by atoms with E-state index < -0.39 is 32.3 Å². The number of nitrogens with zero attached hydrogens (tertiary/aromatic N) is 1. The SMILES string of the molecule is C[Si](C)(C)C(c1cccnc1C([Si](C)(C)C)[Si](C)(C)C)[Si](C)(C)C.[Sn]. The van der Waals surface area contributed by atoms with Gasteiger partial charge in [-0.15, -0.1) is 0 Å². The van der Waals surface area contributed by atoms with E-state index in [9.17, 15) is 0 Å². The number of aromatic nitrogens is 1. The summed E-state index contributed by atoms with van der Waals surface area (Å²) in [6.45, 7) is 30.6. The van der Waals surface area contributed by atoms with E-state index in [2.05, 4.69) is 96.9 Å². The average Bonchev–Trinajstić information content (AvgIpc) is 2.23. The van der Waals surface area contributed by atoms with Crippen LogP contribution in [-0.4, -0.2) is 61.2 Å². The van der Waals surface area contributed by atoms with Crippen molar-refractivity contribution in [3.8, 4) is 0 Å². The van der Waals surface area contributed by atoms with Crippen LogP contribution in [-0.2, 0) is 0 Å². The van der Waals surface area contributed by atoms with Crippen LogP contribution >= 0.6 is 0 Å². The van der Waals surface area contributed by atoms with Crippen LogP contribution in [0.4, 0.5) is 0 Å². The van der Waals surface area contributed by atoms with E-state index in [1.54, 1.807) is 5.56 Å². The average molecular weight is 515 g/mol. The molecule has 0 aromatic carbocycles. The molecule has 0 spiro atoms. The summed E-state index contributed by atoms with van der Waals surface area (Å²) in [5, 5.41) is 1.51. The van der Waals surface area contributed by atoms with Gasteiger partial charge in [0.25, 0.3) is 0 Å². The Bertz CT molecular complexity index is 484. The summed E-state index contributed by atoms with van der Waals surface area (Å²) in [7, 11) is -5.27. The van der Waals surface area contributed by atoms with Gasteiger partial charge in [-0.1, -0.05) is 84.6 Å². The Kier molecular flexibility index (Phi) is 8.73. The number of hydrogen-bond donors (Lipinski definition) is 0. The molecule has 1 heterocycles. The Morgan fingerprint density at radius 3 is 1.32 bits per heavy atom. The Morgan fingerprint density at radius 1 is 0.640 bits per heavy atom. The van der Waals surface area contributed by atoms with Gasteiger partial charge in [-0.3, -0.25) is 4.98 Å². The van der Waals surface area contributed by atoms with Crippen molar-refractivity contribution in [1.82, 2.24) is 4.98 Å². The molecule has 0 saturated heterocycles. The van der Waals surface area contributed by atoms with E-state index in [1.807, 2.05) is 0 Å². The predicted octanol–water partition coefficient (Wildman–Crippen LogP) is 6.38. The van der Waals surface area contributed by atoms with Crippen molar-refractivity contribution in [1.29, 1.82) is 0 Å². The van der Waals surface area contributed by atoms with Crippen LogP contribution in [0, 0.1) is 0 Å². The second kappa shape index (κ2) is 8.45. The zero-order valence-corrected chi connectivity index (χ0v) is 25.7. The maximum Gasteiger partial charge on any atom is 0.0513 e. The summed E-state index contributed by atoms with van der Waals surface area (Å²) in [5.74, 6) is 0. The molecule has 0 fully saturated rings. The van der Waals surface area contributed by atoms with E-state index in [-0.39, 0.29) is 23.9 Å². The quantitative estimate of drug-likeness (QED) is 0.402. The molecule has 0 aliphatic rings. The second-order valence-electron chi connectivity index (χ2n) is 11.8. The standard InChI is InChI=1S/C19H41NSi4.Sn/c1-21(2,3)18(22(4,5)6)16-14-13-15-20-17(16)19(23(7,8)9)24(10,11)12;/h13-15,18-19H,1-12H3;. The van der Waals surface area contributed by atoms with Crippen LogP contribution in [0.1, 0.15) is 21.6 Å². The fourth-order valence-corrected chi connectivity index (χ4v) is 30.5. The van der Waals surface area contributed by atoms with Gasteiger partial charge in [0.1, 0.15) is 0 Å². The molecule has 0 unspecified atom stereocenters. The molecule has 1 aromatic heterocycles. The van der Waals surface area contributed by atoms with E-state index in [0.29, 0.717) is 0 Å². The zero-order chi connectivity index (χ0) is 19.1. The molecule has 1 nitrogen and oxygen atoms in total. The normalized spacial score (nSPS) is 14.0. The molecular weight excluding hydrogens is 473 g/mol. The van der Waals surface area contributed by atoms with E-state index in [1.165, 1.54) is 5.69 Å². The summed E-state index contributed by atoms with van der Waals surface area (Å²) in [4.78, 5) is 5.07. The summed E-state index contributed by atoms with van der Waals surface area (Å²) in [6, 6.07) is 4.63. The van der Waals surface area contributed by atoms with E-state index in [0.717, 1.165) is 10.3 Å². The number of rotatable bonds is 6. The van der Waals surface area contributed by atoms with Gasteiger partial charge < -0.3 is 0 Å². The maximum atomic E-state index is 5.07. The summed E-state index contributed by atoms with van der Waals surface area (Å²) < 4.78 is 0. The summed E-state index contributed by atoms with van der Waals surface area (Å²) in [5.41, 5.74) is 3.12. The molecule has 0 saturated carbocycles. The van der Waals surface area contributed by atoms with Crippen molar-refractivity contribution < 1.29 is 0 Å². The van der Waals surface area contributed by atoms with Gasteiger partial charge in [0.2, 0.25) is 0 Å². The van der Waals surface area contributed by atoms with E-state index >= 15 is 0 Å². The monoisotopic (exact) mass is 515 g/mol. The molecule has 0 atom stereocenters. The zero-order valence-electron chi connectivity index (χ0n) is 18.8. The van der Waals surface area contributed by atoms with Crippen LogP contribution in [0.25, 0.3) is 0 Å². The van der Waals surface area contributed by atoms with Crippen molar-refractivity contribution in [2.75, 3.05) is 0 Å². The van der Waals surface area contributed by atoms with Gasteiger partial charge in [-0.25, -0.2) is 0 Å². The maximum absolute atomic E-state index is 5.07. The van der Waals surface area contributed by atoms with Crippen LogP contribution in [0.2, 0.25) is 78.6 Å². The van der Waals surface area contributed by atoms with Gasteiger partial charge in [0.15, 0.2) is 0 Å². The van der Waals surface area contributed by atoms with Crippen LogP contribution in [0.15, 0.2) is 18.3 Å². The molecule has 25 heavy (non-hydrogen) atoms. The molecule has 0 N–H and O–H groups in total. The molecule has 142 valence electrons. The first-order valence-electron chi connectivity index (χ1n) is 9.42. The van der Waals surface area contributed by atoms with E-state index in [4.69, 9.17) is 4.98 Å².